The van der Waals surface area contributed by atoms with Crippen molar-refractivity contribution >= 4 is 11.9 Å². The minimum atomic E-state index is -0.451. The Morgan fingerprint density at radius 3 is 2.71 bits per heavy atom. The normalized spacial score (nSPS) is 21.5. The van der Waals surface area contributed by atoms with E-state index in [2.05, 4.69) is 5.32 Å². The molecule has 3 N–H and O–H groups in total. The number of ether oxygens (including phenoxy) is 2. The second-order valence-corrected chi connectivity index (χ2v) is 8.24. The van der Waals surface area contributed by atoms with Gasteiger partial charge < -0.3 is 25.0 Å². The SMILES string of the molecule is CC/C=C\C=C/C(=O)N/C=C/CCC1CC(OC)CC(O)CCCc2ccccc2C(=O)O1.CO. The smallest absolute Gasteiger partial charge is 0.338 e. The molecular weight excluding hydrogens is 446 g/mol. The fourth-order valence-corrected chi connectivity index (χ4v) is 3.82. The van der Waals surface area contributed by atoms with Crippen molar-refractivity contribution in [2.75, 3.05) is 14.2 Å². The highest BCUT2D eigenvalue weighted by molar-refractivity contribution is 5.91. The lowest BCUT2D eigenvalue weighted by Crippen LogP contribution is -2.29. The first-order valence-corrected chi connectivity index (χ1v) is 12.3. The largest absolute Gasteiger partial charge is 0.459 e. The number of hydrogen-bond donors (Lipinski definition) is 3. The van der Waals surface area contributed by atoms with Crippen LogP contribution in [0.5, 0.6) is 0 Å². The molecule has 1 heterocycles. The fourth-order valence-electron chi connectivity index (χ4n) is 3.82. The first-order chi connectivity index (χ1) is 17.0. The molecule has 1 amide bonds. The standard InChI is InChI=1S/C27H37NO5.CH4O/c1-3-4-5-6-17-26(30)28-18-10-9-15-23-20-24(32-2)19-22(29)14-11-13-21-12-7-8-16-25(21)27(31)33-23;1-2/h4-8,10,12,16-18,22-24,29H,3,9,11,13-15,19-20H2,1-2H3,(H,28,30);2H,1H3/b5-4-,17-6-,18-10+;. The van der Waals surface area contributed by atoms with E-state index in [4.69, 9.17) is 14.6 Å². The van der Waals surface area contributed by atoms with Gasteiger partial charge in [-0.2, -0.15) is 0 Å². The molecule has 0 spiro atoms. The molecule has 0 aliphatic carbocycles. The number of benzene rings is 1. The summed E-state index contributed by atoms with van der Waals surface area (Å²) >= 11 is 0. The van der Waals surface area contributed by atoms with Gasteiger partial charge in [0.1, 0.15) is 6.10 Å². The lowest BCUT2D eigenvalue weighted by molar-refractivity contribution is -0.115. The van der Waals surface area contributed by atoms with Crippen molar-refractivity contribution < 1.29 is 29.3 Å². The van der Waals surface area contributed by atoms with E-state index in [-0.39, 0.29) is 24.1 Å². The van der Waals surface area contributed by atoms with Crippen molar-refractivity contribution in [3.63, 3.8) is 0 Å². The van der Waals surface area contributed by atoms with Gasteiger partial charge in [0, 0.05) is 32.9 Å². The van der Waals surface area contributed by atoms with Crippen molar-refractivity contribution in [2.45, 2.75) is 76.6 Å². The number of aryl methyl sites for hydroxylation is 1. The number of esters is 1. The van der Waals surface area contributed by atoms with Gasteiger partial charge in [0.25, 0.3) is 0 Å². The van der Waals surface area contributed by atoms with Crippen LogP contribution in [0, 0.1) is 0 Å². The van der Waals surface area contributed by atoms with E-state index < -0.39 is 6.10 Å². The highest BCUT2D eigenvalue weighted by Gasteiger charge is 2.24. The Morgan fingerprint density at radius 1 is 1.20 bits per heavy atom. The molecule has 0 saturated heterocycles. The van der Waals surface area contributed by atoms with Gasteiger partial charge >= 0.3 is 5.97 Å². The van der Waals surface area contributed by atoms with Gasteiger partial charge in [-0.05, 0) is 56.6 Å². The van der Waals surface area contributed by atoms with Gasteiger partial charge in [-0.15, -0.1) is 0 Å². The molecule has 3 unspecified atom stereocenters. The maximum Gasteiger partial charge on any atom is 0.338 e. The number of allylic oxidation sites excluding steroid dienone is 4. The third-order valence-electron chi connectivity index (χ3n) is 5.62. The molecule has 0 saturated carbocycles. The monoisotopic (exact) mass is 487 g/mol. The number of nitrogens with one attached hydrogen (secondary N) is 1. The zero-order chi connectivity index (χ0) is 25.9. The minimum absolute atomic E-state index is 0.197. The van der Waals surface area contributed by atoms with Gasteiger partial charge in [-0.3, -0.25) is 4.79 Å². The van der Waals surface area contributed by atoms with E-state index in [1.54, 1.807) is 25.5 Å². The summed E-state index contributed by atoms with van der Waals surface area (Å²) in [5.74, 6) is -0.524. The molecule has 0 bridgehead atoms. The van der Waals surface area contributed by atoms with Crippen LogP contribution in [0.2, 0.25) is 0 Å². The fraction of sp³-hybridized carbons (Fsp3) is 0.500. The molecule has 0 radical (unpaired) electrons. The molecule has 7 heteroatoms. The minimum Gasteiger partial charge on any atom is -0.459 e. The van der Waals surface area contributed by atoms with E-state index in [0.29, 0.717) is 37.7 Å². The van der Waals surface area contributed by atoms with Crippen molar-refractivity contribution in [3.05, 3.63) is 72.0 Å². The number of carbonyl (C=O) groups excluding carboxylic acids is 2. The maximum absolute atomic E-state index is 12.9. The van der Waals surface area contributed by atoms with Crippen molar-refractivity contribution in [1.82, 2.24) is 5.32 Å². The summed E-state index contributed by atoms with van der Waals surface area (Å²) < 4.78 is 11.5. The number of hydrogen-bond acceptors (Lipinski definition) is 6. The van der Waals surface area contributed by atoms with Crippen LogP contribution in [-0.4, -0.2) is 54.6 Å². The summed E-state index contributed by atoms with van der Waals surface area (Å²) in [7, 11) is 2.62. The molecule has 7 nitrogen and oxygen atoms in total. The van der Waals surface area contributed by atoms with Crippen molar-refractivity contribution in [2.24, 2.45) is 0 Å². The predicted octanol–water partition coefficient (Wildman–Crippen LogP) is 4.25. The predicted molar refractivity (Wildman–Crippen MR) is 138 cm³/mol. The van der Waals surface area contributed by atoms with Crippen LogP contribution in [0.25, 0.3) is 0 Å². The molecule has 1 aromatic carbocycles. The molecule has 3 atom stereocenters. The van der Waals surface area contributed by atoms with Crippen LogP contribution >= 0.6 is 0 Å². The van der Waals surface area contributed by atoms with Crippen molar-refractivity contribution in [1.29, 1.82) is 0 Å². The number of aliphatic hydroxyl groups excluding tert-OH is 2. The van der Waals surface area contributed by atoms with E-state index in [1.165, 1.54) is 6.08 Å². The lowest BCUT2D eigenvalue weighted by Gasteiger charge is -2.26. The molecule has 1 aromatic rings. The zero-order valence-electron chi connectivity index (χ0n) is 21.2. The van der Waals surface area contributed by atoms with Gasteiger partial charge in [-0.1, -0.05) is 49.4 Å². The molecule has 1 aliphatic heterocycles. The Bertz CT molecular complexity index is 832. The summed E-state index contributed by atoms with van der Waals surface area (Å²) in [4.78, 5) is 24.7. The van der Waals surface area contributed by atoms with Crippen LogP contribution in [-0.2, 0) is 20.7 Å². The second-order valence-electron chi connectivity index (χ2n) is 8.24. The third-order valence-corrected chi connectivity index (χ3v) is 5.62. The van der Waals surface area contributed by atoms with Gasteiger partial charge in [0.2, 0.25) is 5.91 Å². The number of amides is 1. The first-order valence-electron chi connectivity index (χ1n) is 12.3. The molecule has 194 valence electrons. The first kappa shape index (κ1) is 30.3. The lowest BCUT2D eigenvalue weighted by atomic mass is 9.96. The van der Waals surface area contributed by atoms with Crippen LogP contribution in [0.3, 0.4) is 0 Å². The van der Waals surface area contributed by atoms with E-state index in [0.717, 1.165) is 31.9 Å². The Kier molecular flexibility index (Phi) is 16.1. The molecular formula is C28H41NO6. The molecule has 2 rings (SSSR count). The quantitative estimate of drug-likeness (QED) is 0.288. The molecule has 35 heavy (non-hydrogen) atoms. The molecule has 0 fully saturated rings. The average Bonchev–Trinajstić information content (AvgIpc) is 2.86. The number of cyclic esters (lactones) is 1. The topological polar surface area (TPSA) is 105 Å². The van der Waals surface area contributed by atoms with Crippen LogP contribution in [0.15, 0.2) is 60.8 Å². The molecule has 0 aromatic heterocycles. The molecule has 1 aliphatic rings. The zero-order valence-corrected chi connectivity index (χ0v) is 21.2. The Labute approximate surface area is 209 Å². The third kappa shape index (κ3) is 12.5. The highest BCUT2D eigenvalue weighted by Crippen LogP contribution is 2.22. The van der Waals surface area contributed by atoms with Gasteiger partial charge in [0.05, 0.1) is 17.8 Å². The number of rotatable bonds is 8. The maximum atomic E-state index is 12.9. The van der Waals surface area contributed by atoms with Gasteiger partial charge in [-0.25, -0.2) is 4.79 Å². The average molecular weight is 488 g/mol. The van der Waals surface area contributed by atoms with Crippen molar-refractivity contribution in [3.8, 4) is 0 Å². The van der Waals surface area contributed by atoms with E-state index in [1.807, 2.05) is 43.4 Å². The summed E-state index contributed by atoms with van der Waals surface area (Å²) in [6, 6.07) is 7.50. The van der Waals surface area contributed by atoms with Crippen LogP contribution < -0.4 is 5.32 Å². The number of methoxy groups -OCH3 is 1. The van der Waals surface area contributed by atoms with E-state index >= 15 is 0 Å². The number of fused-ring (bicyclic) bond motifs is 1. The summed E-state index contributed by atoms with van der Waals surface area (Å²) in [5, 5.41) is 20.1. The van der Waals surface area contributed by atoms with E-state index in [9.17, 15) is 14.7 Å². The van der Waals surface area contributed by atoms with Gasteiger partial charge in [0.15, 0.2) is 0 Å². The highest BCUT2D eigenvalue weighted by atomic mass is 16.5. The second kappa shape index (κ2) is 18.6. The summed E-state index contributed by atoms with van der Waals surface area (Å²) in [6.07, 6.45) is 14.8. The Hall–Kier alpha value is -2.74. The summed E-state index contributed by atoms with van der Waals surface area (Å²) in [5.41, 5.74) is 1.53. The van der Waals surface area contributed by atoms with Crippen LogP contribution in [0.1, 0.15) is 67.8 Å². The summed E-state index contributed by atoms with van der Waals surface area (Å²) in [6.45, 7) is 2.03. The Morgan fingerprint density at radius 2 is 1.97 bits per heavy atom. The van der Waals surface area contributed by atoms with Crippen LogP contribution in [0.4, 0.5) is 0 Å². The number of carbonyl (C=O) groups is 2. The number of aliphatic hydroxyl groups is 2. The Balaban J connectivity index is 0.00000298.